The van der Waals surface area contributed by atoms with Crippen LogP contribution in [0.5, 0.6) is 0 Å². The molecular weight excluding hydrogens is 346 g/mol. The Morgan fingerprint density at radius 3 is 2.74 bits per heavy atom. The lowest BCUT2D eigenvalue weighted by Crippen LogP contribution is -2.34. The van der Waals surface area contributed by atoms with Crippen LogP contribution in [-0.4, -0.2) is 15.1 Å². The van der Waals surface area contributed by atoms with Gasteiger partial charge < -0.3 is 5.32 Å². The molecule has 0 aliphatic heterocycles. The van der Waals surface area contributed by atoms with Gasteiger partial charge in [0.2, 0.25) is 0 Å². The minimum absolute atomic E-state index is 0.0603. The molecule has 19 heavy (non-hydrogen) atoms. The molecule has 0 bridgehead atoms. The van der Waals surface area contributed by atoms with Crippen molar-refractivity contribution in [1.29, 1.82) is 0 Å². The molecule has 2 aromatic rings. The predicted octanol–water partition coefficient (Wildman–Crippen LogP) is 4.51. The van der Waals surface area contributed by atoms with E-state index in [9.17, 15) is 0 Å². The third-order valence-electron chi connectivity index (χ3n) is 2.52. The number of nitrogens with zero attached hydrogens (tertiary/aromatic N) is 2. The van der Waals surface area contributed by atoms with E-state index in [0.29, 0.717) is 5.02 Å². The van der Waals surface area contributed by atoms with Crippen molar-refractivity contribution in [2.75, 3.05) is 0 Å². The Hall–Kier alpha value is -0.490. The van der Waals surface area contributed by atoms with Crippen molar-refractivity contribution in [2.24, 2.45) is 0 Å². The Labute approximate surface area is 130 Å². The minimum atomic E-state index is 0.0603. The molecule has 0 fully saturated rings. The molecule has 102 valence electrons. The van der Waals surface area contributed by atoms with Gasteiger partial charge in [-0.25, -0.2) is 0 Å². The first-order valence-electron chi connectivity index (χ1n) is 5.88. The molecule has 0 aliphatic carbocycles. The Morgan fingerprint density at radius 1 is 1.37 bits per heavy atom. The number of nitrogens with one attached hydrogen (secondary N) is 1. The summed E-state index contributed by atoms with van der Waals surface area (Å²) in [7, 11) is 0. The third kappa shape index (κ3) is 3.99. The highest BCUT2D eigenvalue weighted by molar-refractivity contribution is 9.10. The van der Waals surface area contributed by atoms with E-state index in [0.717, 1.165) is 27.2 Å². The summed E-state index contributed by atoms with van der Waals surface area (Å²) in [6, 6.07) is 5.79. The molecule has 6 heteroatoms. The van der Waals surface area contributed by atoms with E-state index in [1.54, 1.807) is 0 Å². The molecule has 0 amide bonds. The third-order valence-corrected chi connectivity index (χ3v) is 4.05. The van der Waals surface area contributed by atoms with Crippen molar-refractivity contribution < 1.29 is 0 Å². The zero-order valence-electron chi connectivity index (χ0n) is 11.0. The van der Waals surface area contributed by atoms with Gasteiger partial charge in [0.25, 0.3) is 0 Å². The highest BCUT2D eigenvalue weighted by Crippen LogP contribution is 2.32. The maximum absolute atomic E-state index is 6.27. The van der Waals surface area contributed by atoms with Gasteiger partial charge >= 0.3 is 0 Å². The second-order valence-corrected chi connectivity index (χ2v) is 7.43. The van der Waals surface area contributed by atoms with Gasteiger partial charge in [0.15, 0.2) is 0 Å². The lowest BCUT2D eigenvalue weighted by Gasteiger charge is -2.20. The summed E-state index contributed by atoms with van der Waals surface area (Å²) in [6.07, 6.45) is 0. The zero-order chi connectivity index (χ0) is 14.0. The molecule has 0 saturated carbocycles. The Morgan fingerprint density at radius 2 is 2.11 bits per heavy atom. The van der Waals surface area contributed by atoms with E-state index in [4.69, 9.17) is 11.6 Å². The smallest absolute Gasteiger partial charge is 0.111 e. The molecule has 3 nitrogen and oxygen atoms in total. The first-order valence-corrected chi connectivity index (χ1v) is 7.83. The quantitative estimate of drug-likeness (QED) is 0.875. The van der Waals surface area contributed by atoms with Crippen LogP contribution in [0.2, 0.25) is 5.02 Å². The van der Waals surface area contributed by atoms with Crippen molar-refractivity contribution >= 4 is 39.1 Å². The first kappa shape index (κ1) is 14.9. The number of rotatable bonds is 3. The van der Waals surface area contributed by atoms with Crippen molar-refractivity contribution in [3.05, 3.63) is 32.6 Å². The molecule has 1 aromatic heterocycles. The summed E-state index contributed by atoms with van der Waals surface area (Å²) in [5.41, 5.74) is 1.84. The SMILES string of the molecule is CC(C)(C)NCc1snnc1-c1ccc(Br)cc1Cl. The summed E-state index contributed by atoms with van der Waals surface area (Å²) >= 11 is 11.1. The molecule has 0 aliphatic rings. The van der Waals surface area contributed by atoms with Gasteiger partial charge in [0.1, 0.15) is 5.69 Å². The fourth-order valence-corrected chi connectivity index (χ4v) is 2.91. The number of benzene rings is 1. The Balaban J connectivity index is 2.28. The van der Waals surface area contributed by atoms with Crippen LogP contribution in [0.1, 0.15) is 25.6 Å². The van der Waals surface area contributed by atoms with Gasteiger partial charge in [-0.2, -0.15) is 0 Å². The molecular formula is C13H15BrClN3S. The average Bonchev–Trinajstić information content (AvgIpc) is 2.73. The van der Waals surface area contributed by atoms with Crippen molar-refractivity contribution in [3.63, 3.8) is 0 Å². The lowest BCUT2D eigenvalue weighted by atomic mass is 10.1. The summed E-state index contributed by atoms with van der Waals surface area (Å²) in [6.45, 7) is 7.14. The van der Waals surface area contributed by atoms with Crippen LogP contribution >= 0.6 is 39.1 Å². The Kier molecular flexibility index (Phi) is 4.61. The second kappa shape index (κ2) is 5.87. The summed E-state index contributed by atoms with van der Waals surface area (Å²) in [4.78, 5) is 1.10. The fraction of sp³-hybridized carbons (Fsp3) is 0.385. The van der Waals surface area contributed by atoms with Gasteiger partial charge in [-0.1, -0.05) is 38.1 Å². The van der Waals surface area contributed by atoms with Gasteiger partial charge in [0, 0.05) is 22.1 Å². The van der Waals surface area contributed by atoms with Crippen molar-refractivity contribution in [2.45, 2.75) is 32.9 Å². The topological polar surface area (TPSA) is 37.8 Å². The zero-order valence-corrected chi connectivity index (χ0v) is 14.2. The molecule has 0 unspecified atom stereocenters. The molecule has 0 radical (unpaired) electrons. The van der Waals surface area contributed by atoms with E-state index in [2.05, 4.69) is 51.6 Å². The van der Waals surface area contributed by atoms with Crippen LogP contribution in [0.15, 0.2) is 22.7 Å². The highest BCUT2D eigenvalue weighted by atomic mass is 79.9. The number of halogens is 2. The van der Waals surface area contributed by atoms with E-state index < -0.39 is 0 Å². The van der Waals surface area contributed by atoms with Crippen molar-refractivity contribution in [1.82, 2.24) is 14.9 Å². The molecule has 1 aromatic carbocycles. The van der Waals surface area contributed by atoms with E-state index in [1.807, 2.05) is 18.2 Å². The van der Waals surface area contributed by atoms with Crippen LogP contribution < -0.4 is 5.32 Å². The summed E-state index contributed by atoms with van der Waals surface area (Å²) < 4.78 is 5.00. The predicted molar refractivity (Wildman–Crippen MR) is 84.6 cm³/mol. The largest absolute Gasteiger partial charge is 0.307 e. The summed E-state index contributed by atoms with van der Waals surface area (Å²) in [5.74, 6) is 0. The highest BCUT2D eigenvalue weighted by Gasteiger charge is 2.16. The van der Waals surface area contributed by atoms with Crippen LogP contribution in [0.25, 0.3) is 11.3 Å². The van der Waals surface area contributed by atoms with Gasteiger partial charge in [-0.05, 0) is 44.4 Å². The minimum Gasteiger partial charge on any atom is -0.307 e. The Bertz CT molecular complexity index is 578. The number of aromatic nitrogens is 2. The standard InChI is InChI=1S/C13H15BrClN3S/c1-13(2,3)16-7-11-12(17-18-19-11)9-5-4-8(14)6-10(9)15/h4-6,16H,7H2,1-3H3. The lowest BCUT2D eigenvalue weighted by molar-refractivity contribution is 0.426. The van der Waals surface area contributed by atoms with Crippen molar-refractivity contribution in [3.8, 4) is 11.3 Å². The maximum atomic E-state index is 6.27. The molecule has 0 atom stereocenters. The van der Waals surface area contributed by atoms with Crippen LogP contribution in [0, 0.1) is 0 Å². The van der Waals surface area contributed by atoms with Gasteiger partial charge in [-0.3, -0.25) is 0 Å². The van der Waals surface area contributed by atoms with Crippen LogP contribution in [-0.2, 0) is 6.54 Å². The first-order chi connectivity index (χ1) is 8.87. The van der Waals surface area contributed by atoms with Gasteiger partial charge in [0.05, 0.1) is 9.90 Å². The summed E-state index contributed by atoms with van der Waals surface area (Å²) in [5, 5.41) is 8.33. The van der Waals surface area contributed by atoms with Crippen LogP contribution in [0.4, 0.5) is 0 Å². The molecule has 0 saturated heterocycles. The molecule has 0 spiro atoms. The number of hydrogen-bond donors (Lipinski definition) is 1. The number of hydrogen-bond acceptors (Lipinski definition) is 4. The van der Waals surface area contributed by atoms with E-state index in [-0.39, 0.29) is 5.54 Å². The molecule has 1 heterocycles. The maximum Gasteiger partial charge on any atom is 0.111 e. The average molecular weight is 361 g/mol. The fourth-order valence-electron chi connectivity index (χ4n) is 1.56. The second-order valence-electron chi connectivity index (χ2n) is 5.27. The van der Waals surface area contributed by atoms with E-state index >= 15 is 0 Å². The van der Waals surface area contributed by atoms with Crippen LogP contribution in [0.3, 0.4) is 0 Å². The normalized spacial score (nSPS) is 11.8. The monoisotopic (exact) mass is 359 g/mol. The molecule has 1 N–H and O–H groups in total. The van der Waals surface area contributed by atoms with E-state index in [1.165, 1.54) is 11.5 Å². The van der Waals surface area contributed by atoms with Gasteiger partial charge in [-0.15, -0.1) is 5.10 Å². The molecule has 2 rings (SSSR count).